The molecule has 1 heterocycles. The van der Waals surface area contributed by atoms with Gasteiger partial charge in [0, 0.05) is 5.56 Å². The van der Waals surface area contributed by atoms with E-state index in [1.54, 1.807) is 12.1 Å². The van der Waals surface area contributed by atoms with E-state index in [-0.39, 0.29) is 17.2 Å². The molecule has 0 saturated carbocycles. The molecule has 0 saturated heterocycles. The minimum absolute atomic E-state index is 0.0543. The van der Waals surface area contributed by atoms with Crippen molar-refractivity contribution in [3.63, 3.8) is 0 Å². The van der Waals surface area contributed by atoms with Gasteiger partial charge in [0.15, 0.2) is 0 Å². The number of sulfonamides is 1. The van der Waals surface area contributed by atoms with Gasteiger partial charge in [-0.2, -0.15) is 0 Å². The molecule has 1 aromatic rings. The molecule has 0 aliphatic carbocycles. The highest BCUT2D eigenvalue weighted by molar-refractivity contribution is 7.92. The van der Waals surface area contributed by atoms with Crippen molar-refractivity contribution >= 4 is 15.7 Å². The third-order valence-corrected chi connectivity index (χ3v) is 3.69. The lowest BCUT2D eigenvalue weighted by atomic mass is 9.99. The molecule has 0 bridgehead atoms. The van der Waals surface area contributed by atoms with Crippen LogP contribution in [0.15, 0.2) is 12.1 Å². The van der Waals surface area contributed by atoms with E-state index in [4.69, 9.17) is 0 Å². The van der Waals surface area contributed by atoms with Gasteiger partial charge in [-0.25, -0.2) is 12.8 Å². The van der Waals surface area contributed by atoms with Gasteiger partial charge in [0.2, 0.25) is 10.0 Å². The topological polar surface area (TPSA) is 46.2 Å². The average molecular weight is 229 g/mol. The first kappa shape index (κ1) is 10.4. The average Bonchev–Trinajstić information content (AvgIpc) is 2.40. The molecule has 0 aromatic heterocycles. The molecule has 0 fully saturated rings. The molecule has 1 N–H and O–H groups in total. The van der Waals surface area contributed by atoms with Crippen LogP contribution in [0.3, 0.4) is 0 Å². The van der Waals surface area contributed by atoms with E-state index in [1.165, 1.54) is 0 Å². The van der Waals surface area contributed by atoms with Gasteiger partial charge in [0.25, 0.3) is 0 Å². The van der Waals surface area contributed by atoms with Gasteiger partial charge < -0.3 is 0 Å². The van der Waals surface area contributed by atoms with E-state index in [9.17, 15) is 12.8 Å². The fourth-order valence-corrected chi connectivity index (χ4v) is 2.98. The molecule has 1 aliphatic heterocycles. The molecule has 15 heavy (non-hydrogen) atoms. The lowest BCUT2D eigenvalue weighted by molar-refractivity contribution is 0.583. The molecule has 0 spiro atoms. The van der Waals surface area contributed by atoms with Crippen molar-refractivity contribution in [3.05, 3.63) is 29.1 Å². The Morgan fingerprint density at radius 2 is 2.07 bits per heavy atom. The van der Waals surface area contributed by atoms with Crippen molar-refractivity contribution in [2.45, 2.75) is 25.5 Å². The normalized spacial score (nSPS) is 17.6. The van der Waals surface area contributed by atoms with Crippen molar-refractivity contribution in [2.75, 3.05) is 4.72 Å². The molecule has 0 atom stereocenters. The summed E-state index contributed by atoms with van der Waals surface area (Å²) in [6.45, 7) is 3.75. The summed E-state index contributed by atoms with van der Waals surface area (Å²) >= 11 is 0. The van der Waals surface area contributed by atoms with E-state index in [0.29, 0.717) is 11.3 Å². The number of anilines is 1. The van der Waals surface area contributed by atoms with Crippen LogP contribution in [0.25, 0.3) is 0 Å². The van der Waals surface area contributed by atoms with Crippen LogP contribution in [-0.4, -0.2) is 8.42 Å². The van der Waals surface area contributed by atoms with Crippen molar-refractivity contribution in [1.82, 2.24) is 0 Å². The van der Waals surface area contributed by atoms with Gasteiger partial charge in [-0.1, -0.05) is 19.9 Å². The number of benzene rings is 1. The van der Waals surface area contributed by atoms with Crippen LogP contribution in [0.4, 0.5) is 10.1 Å². The second-order valence-corrected chi connectivity index (χ2v) is 5.73. The van der Waals surface area contributed by atoms with Crippen LogP contribution < -0.4 is 4.72 Å². The predicted molar refractivity (Wildman–Crippen MR) is 56.7 cm³/mol. The fraction of sp³-hybridized carbons (Fsp3) is 0.400. The molecule has 1 aliphatic rings. The van der Waals surface area contributed by atoms with Gasteiger partial charge in [-0.3, -0.25) is 4.72 Å². The van der Waals surface area contributed by atoms with Gasteiger partial charge in [0.05, 0.1) is 11.4 Å². The molecule has 2 rings (SSSR count). The third-order valence-electron chi connectivity index (χ3n) is 2.49. The molecule has 82 valence electrons. The molecule has 0 radical (unpaired) electrons. The van der Waals surface area contributed by atoms with Crippen molar-refractivity contribution in [3.8, 4) is 0 Å². The summed E-state index contributed by atoms with van der Waals surface area (Å²) in [7, 11) is -3.36. The zero-order valence-corrected chi connectivity index (χ0v) is 9.36. The van der Waals surface area contributed by atoms with Gasteiger partial charge in [-0.05, 0) is 17.5 Å². The van der Waals surface area contributed by atoms with E-state index < -0.39 is 15.8 Å². The summed E-state index contributed by atoms with van der Waals surface area (Å²) in [5, 5.41) is 0. The van der Waals surface area contributed by atoms with Crippen LogP contribution in [0, 0.1) is 5.82 Å². The number of nitrogens with one attached hydrogen (secondary N) is 1. The molecule has 3 nitrogen and oxygen atoms in total. The minimum atomic E-state index is -3.36. The number of halogens is 1. The second kappa shape index (κ2) is 3.20. The standard InChI is InChI=1S/C10H12FNO2S/c1-6(2)7-3-4-9-8(10(7)11)5-15(13,14)12-9/h3-4,6,12H,5H2,1-2H3. The first-order valence-corrected chi connectivity index (χ1v) is 6.37. The summed E-state index contributed by atoms with van der Waals surface area (Å²) in [6.07, 6.45) is 0. The Kier molecular flexibility index (Phi) is 2.22. The van der Waals surface area contributed by atoms with Crippen molar-refractivity contribution in [2.24, 2.45) is 0 Å². The van der Waals surface area contributed by atoms with Crippen LogP contribution >= 0.6 is 0 Å². The van der Waals surface area contributed by atoms with Gasteiger partial charge in [-0.15, -0.1) is 0 Å². The van der Waals surface area contributed by atoms with Crippen molar-refractivity contribution < 1.29 is 12.8 Å². The predicted octanol–water partition coefficient (Wildman–Crippen LogP) is 2.20. The fourth-order valence-electron chi connectivity index (χ4n) is 1.72. The van der Waals surface area contributed by atoms with Crippen LogP contribution in [0.5, 0.6) is 0 Å². The van der Waals surface area contributed by atoms with Gasteiger partial charge in [0.1, 0.15) is 5.82 Å². The highest BCUT2D eigenvalue weighted by Gasteiger charge is 2.28. The van der Waals surface area contributed by atoms with Crippen molar-refractivity contribution in [1.29, 1.82) is 0 Å². The Labute approximate surface area is 88.4 Å². The Balaban J connectivity index is 2.58. The van der Waals surface area contributed by atoms with E-state index in [0.717, 1.165) is 0 Å². The third kappa shape index (κ3) is 1.71. The first-order valence-electron chi connectivity index (χ1n) is 4.72. The van der Waals surface area contributed by atoms with Gasteiger partial charge >= 0.3 is 0 Å². The molecule has 0 unspecified atom stereocenters. The summed E-state index contributed by atoms with van der Waals surface area (Å²) in [5.41, 5.74) is 1.20. The van der Waals surface area contributed by atoms with Crippen LogP contribution in [0.2, 0.25) is 0 Å². The SMILES string of the molecule is CC(C)c1ccc2c(c1F)CS(=O)(=O)N2. The van der Waals surface area contributed by atoms with E-state index in [2.05, 4.69) is 4.72 Å². The number of fused-ring (bicyclic) bond motifs is 1. The number of rotatable bonds is 1. The maximum Gasteiger partial charge on any atom is 0.237 e. The molecule has 0 amide bonds. The maximum absolute atomic E-state index is 13.9. The number of hydrogen-bond acceptors (Lipinski definition) is 2. The second-order valence-electron chi connectivity index (χ2n) is 4.01. The molecular weight excluding hydrogens is 217 g/mol. The summed E-state index contributed by atoms with van der Waals surface area (Å²) in [6, 6.07) is 3.25. The molecular formula is C10H12FNO2S. The summed E-state index contributed by atoms with van der Waals surface area (Å²) in [5.74, 6) is -0.593. The summed E-state index contributed by atoms with van der Waals surface area (Å²) in [4.78, 5) is 0. The zero-order chi connectivity index (χ0) is 11.2. The Bertz CT molecular complexity index is 508. The smallest absolute Gasteiger partial charge is 0.237 e. The number of hydrogen-bond donors (Lipinski definition) is 1. The minimum Gasteiger partial charge on any atom is -0.283 e. The quantitative estimate of drug-likeness (QED) is 0.802. The molecule has 5 heteroatoms. The monoisotopic (exact) mass is 229 g/mol. The van der Waals surface area contributed by atoms with E-state index in [1.807, 2.05) is 13.8 Å². The lowest BCUT2D eigenvalue weighted by Gasteiger charge is -2.09. The van der Waals surface area contributed by atoms with E-state index >= 15 is 0 Å². The maximum atomic E-state index is 13.9. The lowest BCUT2D eigenvalue weighted by Crippen LogP contribution is -2.05. The van der Waals surface area contributed by atoms with Crippen LogP contribution in [-0.2, 0) is 15.8 Å². The Morgan fingerprint density at radius 3 is 2.67 bits per heavy atom. The Morgan fingerprint density at radius 1 is 1.40 bits per heavy atom. The highest BCUT2D eigenvalue weighted by Crippen LogP contribution is 2.33. The summed E-state index contributed by atoms with van der Waals surface area (Å²) < 4.78 is 38.7. The highest BCUT2D eigenvalue weighted by atomic mass is 32.2. The zero-order valence-electron chi connectivity index (χ0n) is 8.54. The molecule has 1 aromatic carbocycles. The largest absolute Gasteiger partial charge is 0.283 e. The first-order chi connectivity index (χ1) is 6.91. The van der Waals surface area contributed by atoms with Crippen LogP contribution in [0.1, 0.15) is 30.9 Å². The Hall–Kier alpha value is -1.10.